The van der Waals surface area contributed by atoms with E-state index in [1.807, 2.05) is 0 Å². The zero-order valence-electron chi connectivity index (χ0n) is 12.8. The molecule has 1 aromatic carbocycles. The molecule has 6 nitrogen and oxygen atoms in total. The summed E-state index contributed by atoms with van der Waals surface area (Å²) in [5, 5.41) is 8.71. The third-order valence-electron chi connectivity index (χ3n) is 4.08. The molecule has 1 aliphatic rings. The molecule has 1 saturated heterocycles. The highest BCUT2D eigenvalue weighted by molar-refractivity contribution is 5.84. The number of nitrogens with zero attached hydrogens (tertiary/aromatic N) is 2. The second-order valence-corrected chi connectivity index (χ2v) is 5.64. The molecule has 22 heavy (non-hydrogen) atoms. The van der Waals surface area contributed by atoms with Crippen molar-refractivity contribution in [2.45, 2.75) is 26.2 Å². The Balaban J connectivity index is 1.82. The van der Waals surface area contributed by atoms with Crippen molar-refractivity contribution in [2.75, 3.05) is 31.2 Å². The molecule has 0 amide bonds. The van der Waals surface area contributed by atoms with E-state index in [1.54, 1.807) is 0 Å². The summed E-state index contributed by atoms with van der Waals surface area (Å²) in [6.07, 6.45) is 1.44. The topological polar surface area (TPSA) is 78.5 Å². The highest BCUT2D eigenvalue weighted by Gasteiger charge is 2.16. The number of anilines is 1. The number of aromatic amines is 1. The number of carbonyl (C=O) groups is 1. The molecular weight excluding hydrogens is 282 g/mol. The average Bonchev–Trinajstić information content (AvgIpc) is 2.92. The van der Waals surface area contributed by atoms with Crippen LogP contribution >= 0.6 is 0 Å². The zero-order valence-corrected chi connectivity index (χ0v) is 12.8. The van der Waals surface area contributed by atoms with Crippen LogP contribution in [0.5, 0.6) is 0 Å². The van der Waals surface area contributed by atoms with Gasteiger partial charge >= 0.3 is 5.97 Å². The van der Waals surface area contributed by atoms with Gasteiger partial charge in [-0.1, -0.05) is 0 Å². The predicted molar refractivity (Wildman–Crippen MR) is 84.4 cm³/mol. The lowest BCUT2D eigenvalue weighted by Crippen LogP contribution is -2.36. The first kappa shape index (κ1) is 14.8. The van der Waals surface area contributed by atoms with Gasteiger partial charge in [0, 0.05) is 37.2 Å². The summed E-state index contributed by atoms with van der Waals surface area (Å²) in [6, 6.07) is 4.18. The number of hydrogen-bond acceptors (Lipinski definition) is 4. The van der Waals surface area contributed by atoms with Crippen molar-refractivity contribution in [1.82, 2.24) is 9.97 Å². The molecule has 2 aromatic rings. The molecule has 0 radical (unpaired) electrons. The van der Waals surface area contributed by atoms with Crippen molar-refractivity contribution in [3.05, 3.63) is 23.5 Å². The number of H-pyrrole nitrogens is 1. The molecule has 2 heterocycles. The van der Waals surface area contributed by atoms with Crippen LogP contribution in [0.25, 0.3) is 11.0 Å². The van der Waals surface area contributed by atoms with Crippen molar-refractivity contribution >= 4 is 22.7 Å². The first-order valence-corrected chi connectivity index (χ1v) is 7.68. The van der Waals surface area contributed by atoms with Gasteiger partial charge in [-0.25, -0.2) is 4.98 Å². The molecule has 0 spiro atoms. The Morgan fingerprint density at radius 1 is 1.41 bits per heavy atom. The number of aryl methyl sites for hydroxylation is 2. The average molecular weight is 303 g/mol. The number of carboxylic acid groups (broad SMARTS) is 1. The first-order valence-electron chi connectivity index (χ1n) is 7.68. The number of carboxylic acids is 1. The predicted octanol–water partition coefficient (Wildman–Crippen LogP) is 2.12. The molecule has 0 saturated carbocycles. The van der Waals surface area contributed by atoms with Gasteiger partial charge in [0.1, 0.15) is 5.82 Å². The summed E-state index contributed by atoms with van der Waals surface area (Å²) < 4.78 is 5.40. The van der Waals surface area contributed by atoms with Gasteiger partial charge in [0.15, 0.2) is 0 Å². The van der Waals surface area contributed by atoms with E-state index in [0.717, 1.165) is 43.2 Å². The molecular formula is C16H21N3O3. The number of morpholine rings is 1. The molecule has 0 bridgehead atoms. The summed E-state index contributed by atoms with van der Waals surface area (Å²) >= 11 is 0. The minimum absolute atomic E-state index is 0.176. The number of rotatable bonds is 5. The minimum Gasteiger partial charge on any atom is -0.481 e. The van der Waals surface area contributed by atoms with E-state index in [9.17, 15) is 4.79 Å². The van der Waals surface area contributed by atoms with Crippen LogP contribution in [0.3, 0.4) is 0 Å². The van der Waals surface area contributed by atoms with Crippen LogP contribution < -0.4 is 4.90 Å². The van der Waals surface area contributed by atoms with Crippen LogP contribution in [0.4, 0.5) is 5.69 Å². The van der Waals surface area contributed by atoms with Crippen LogP contribution in [-0.2, 0) is 16.0 Å². The van der Waals surface area contributed by atoms with Crippen molar-refractivity contribution in [1.29, 1.82) is 0 Å². The molecule has 6 heteroatoms. The second-order valence-electron chi connectivity index (χ2n) is 5.64. The fraction of sp³-hybridized carbons (Fsp3) is 0.500. The van der Waals surface area contributed by atoms with Crippen molar-refractivity contribution in [3.63, 3.8) is 0 Å². The number of hydrogen-bond donors (Lipinski definition) is 2. The van der Waals surface area contributed by atoms with E-state index in [4.69, 9.17) is 9.84 Å². The molecule has 1 aliphatic heterocycles. The number of benzene rings is 1. The molecule has 0 atom stereocenters. The summed E-state index contributed by atoms with van der Waals surface area (Å²) in [5.74, 6) is 0.0976. The summed E-state index contributed by atoms with van der Waals surface area (Å²) in [5.41, 5.74) is 4.37. The Labute approximate surface area is 129 Å². The van der Waals surface area contributed by atoms with Gasteiger partial charge in [-0.2, -0.15) is 0 Å². The third kappa shape index (κ3) is 3.06. The third-order valence-corrected chi connectivity index (χ3v) is 4.08. The van der Waals surface area contributed by atoms with E-state index in [1.165, 1.54) is 11.3 Å². The Kier molecular flexibility index (Phi) is 4.29. The zero-order chi connectivity index (χ0) is 15.5. The van der Waals surface area contributed by atoms with Gasteiger partial charge < -0.3 is 19.7 Å². The Morgan fingerprint density at radius 2 is 2.18 bits per heavy atom. The Hall–Kier alpha value is -2.08. The van der Waals surface area contributed by atoms with E-state index in [0.29, 0.717) is 12.8 Å². The lowest BCUT2D eigenvalue weighted by Gasteiger charge is -2.30. The number of ether oxygens (including phenoxy) is 1. The smallest absolute Gasteiger partial charge is 0.303 e. The summed E-state index contributed by atoms with van der Waals surface area (Å²) in [7, 11) is 0. The first-order chi connectivity index (χ1) is 10.6. The largest absolute Gasteiger partial charge is 0.481 e. The fourth-order valence-electron chi connectivity index (χ4n) is 2.93. The number of nitrogens with one attached hydrogen (secondary N) is 1. The standard InChI is InChI=1S/C16H21N3O3/c1-11-13(19-7-9-22-10-8-19)6-5-12-16(11)18-14(17-12)3-2-4-15(20)21/h5-6H,2-4,7-10H2,1H3,(H,17,18)(H,20,21). The maximum absolute atomic E-state index is 10.6. The van der Waals surface area contributed by atoms with Crippen molar-refractivity contribution < 1.29 is 14.6 Å². The van der Waals surface area contributed by atoms with Crippen LogP contribution in [0, 0.1) is 6.92 Å². The Morgan fingerprint density at radius 3 is 2.91 bits per heavy atom. The van der Waals surface area contributed by atoms with E-state index in [2.05, 4.69) is 33.9 Å². The van der Waals surface area contributed by atoms with Crippen LogP contribution in [-0.4, -0.2) is 47.3 Å². The molecule has 2 N–H and O–H groups in total. The van der Waals surface area contributed by atoms with E-state index in [-0.39, 0.29) is 6.42 Å². The molecule has 1 aromatic heterocycles. The number of fused-ring (bicyclic) bond motifs is 1. The monoisotopic (exact) mass is 303 g/mol. The normalized spacial score (nSPS) is 15.4. The lowest BCUT2D eigenvalue weighted by atomic mass is 10.1. The van der Waals surface area contributed by atoms with E-state index < -0.39 is 5.97 Å². The van der Waals surface area contributed by atoms with Gasteiger partial charge in [0.05, 0.1) is 24.2 Å². The maximum Gasteiger partial charge on any atom is 0.303 e. The lowest BCUT2D eigenvalue weighted by molar-refractivity contribution is -0.137. The van der Waals surface area contributed by atoms with Gasteiger partial charge in [-0.15, -0.1) is 0 Å². The molecule has 118 valence electrons. The molecule has 3 rings (SSSR count). The number of imidazole rings is 1. The highest BCUT2D eigenvalue weighted by Crippen LogP contribution is 2.27. The summed E-state index contributed by atoms with van der Waals surface area (Å²) in [6.45, 7) is 5.43. The summed E-state index contributed by atoms with van der Waals surface area (Å²) in [4.78, 5) is 20.9. The van der Waals surface area contributed by atoms with Crippen LogP contribution in [0.15, 0.2) is 12.1 Å². The van der Waals surface area contributed by atoms with Gasteiger partial charge in [0.2, 0.25) is 0 Å². The molecule has 0 unspecified atom stereocenters. The van der Waals surface area contributed by atoms with Crippen molar-refractivity contribution in [3.8, 4) is 0 Å². The quantitative estimate of drug-likeness (QED) is 0.884. The minimum atomic E-state index is -0.762. The van der Waals surface area contributed by atoms with Crippen LogP contribution in [0.2, 0.25) is 0 Å². The van der Waals surface area contributed by atoms with Gasteiger partial charge in [0.25, 0.3) is 0 Å². The SMILES string of the molecule is Cc1c(N2CCOCC2)ccc2[nH]c(CCCC(=O)O)nc12. The molecule has 0 aliphatic carbocycles. The molecule has 1 fully saturated rings. The fourth-order valence-corrected chi connectivity index (χ4v) is 2.93. The second kappa shape index (κ2) is 6.36. The highest BCUT2D eigenvalue weighted by atomic mass is 16.5. The maximum atomic E-state index is 10.6. The van der Waals surface area contributed by atoms with E-state index >= 15 is 0 Å². The van der Waals surface area contributed by atoms with Crippen molar-refractivity contribution in [2.24, 2.45) is 0 Å². The van der Waals surface area contributed by atoms with Gasteiger partial charge in [-0.05, 0) is 25.5 Å². The van der Waals surface area contributed by atoms with Gasteiger partial charge in [-0.3, -0.25) is 4.79 Å². The number of aromatic nitrogens is 2. The van der Waals surface area contributed by atoms with Crippen LogP contribution in [0.1, 0.15) is 24.2 Å². The number of aliphatic carboxylic acids is 1. The Bertz CT molecular complexity index is 675.